The molecular formula is C13H11ClN4OS. The van der Waals surface area contributed by atoms with E-state index >= 15 is 0 Å². The molecule has 20 heavy (non-hydrogen) atoms. The van der Waals surface area contributed by atoms with Crippen molar-refractivity contribution in [1.82, 2.24) is 9.59 Å². The van der Waals surface area contributed by atoms with E-state index < -0.39 is 0 Å². The highest BCUT2D eigenvalue weighted by atomic mass is 35.5. The molecule has 1 aromatic carbocycles. The second-order valence-electron chi connectivity index (χ2n) is 4.06. The molecule has 7 heteroatoms. The fourth-order valence-electron chi connectivity index (χ4n) is 1.65. The van der Waals surface area contributed by atoms with E-state index in [1.54, 1.807) is 12.1 Å². The van der Waals surface area contributed by atoms with Crippen LogP contribution in [0.5, 0.6) is 0 Å². The Hall–Kier alpha value is -1.97. The Morgan fingerprint density at radius 3 is 3.00 bits per heavy atom. The summed E-state index contributed by atoms with van der Waals surface area (Å²) in [6.45, 7) is 2.01. The number of halogens is 1. The summed E-state index contributed by atoms with van der Waals surface area (Å²) in [7, 11) is 0. The molecule has 2 rings (SSSR count). The molecule has 5 nitrogen and oxygen atoms in total. The third-order valence-corrected chi connectivity index (χ3v) is 3.67. The number of anilines is 1. The highest BCUT2D eigenvalue weighted by Gasteiger charge is 2.16. The van der Waals surface area contributed by atoms with E-state index in [0.717, 1.165) is 18.0 Å². The van der Waals surface area contributed by atoms with Gasteiger partial charge in [0.05, 0.1) is 28.0 Å². The number of aromatic nitrogens is 2. The maximum absolute atomic E-state index is 12.2. The fourth-order valence-corrected chi connectivity index (χ4v) is 2.48. The van der Waals surface area contributed by atoms with Gasteiger partial charge in [-0.15, -0.1) is 5.10 Å². The average Bonchev–Trinajstić information content (AvgIpc) is 2.89. The Morgan fingerprint density at radius 2 is 2.35 bits per heavy atom. The molecule has 1 N–H and O–H groups in total. The van der Waals surface area contributed by atoms with Gasteiger partial charge in [0.25, 0.3) is 5.91 Å². The van der Waals surface area contributed by atoms with Crippen LogP contribution in [0.25, 0.3) is 0 Å². The highest BCUT2D eigenvalue weighted by molar-refractivity contribution is 7.08. The third kappa shape index (κ3) is 3.13. The molecule has 102 valence electrons. The van der Waals surface area contributed by atoms with Crippen molar-refractivity contribution < 1.29 is 4.79 Å². The minimum atomic E-state index is -0.282. The molecule has 0 atom stereocenters. The zero-order chi connectivity index (χ0) is 14.5. The molecule has 0 aliphatic carbocycles. The van der Waals surface area contributed by atoms with Crippen molar-refractivity contribution in [2.24, 2.45) is 0 Å². The van der Waals surface area contributed by atoms with Crippen molar-refractivity contribution in [3.8, 4) is 6.07 Å². The van der Waals surface area contributed by atoms with Crippen molar-refractivity contribution in [2.75, 3.05) is 5.32 Å². The number of nitrogens with one attached hydrogen (secondary N) is 1. The van der Waals surface area contributed by atoms with Gasteiger partial charge < -0.3 is 5.32 Å². The molecule has 0 aliphatic rings. The van der Waals surface area contributed by atoms with Crippen molar-refractivity contribution in [3.63, 3.8) is 0 Å². The summed E-state index contributed by atoms with van der Waals surface area (Å²) in [5.41, 5.74) is 1.60. The van der Waals surface area contributed by atoms with Crippen molar-refractivity contribution in [1.29, 1.82) is 5.26 Å². The Kier molecular flexibility index (Phi) is 4.66. The number of nitriles is 1. The summed E-state index contributed by atoms with van der Waals surface area (Å²) in [6.07, 6.45) is 1.60. The lowest BCUT2D eigenvalue weighted by Crippen LogP contribution is -2.12. The number of hydrogen-bond donors (Lipinski definition) is 1. The van der Waals surface area contributed by atoms with Gasteiger partial charge in [0, 0.05) is 0 Å². The van der Waals surface area contributed by atoms with Gasteiger partial charge in [0.1, 0.15) is 4.88 Å². The molecule has 0 aliphatic heterocycles. The smallest absolute Gasteiger partial charge is 0.269 e. The number of aryl methyl sites for hydroxylation is 1. The third-order valence-electron chi connectivity index (χ3n) is 2.60. The van der Waals surface area contributed by atoms with Crippen LogP contribution in [0.3, 0.4) is 0 Å². The van der Waals surface area contributed by atoms with E-state index in [2.05, 4.69) is 14.9 Å². The lowest BCUT2D eigenvalue weighted by atomic mass is 10.2. The SMILES string of the molecule is CCCc1nnsc1C(=O)Nc1ccc(C#N)cc1Cl. The second-order valence-corrected chi connectivity index (χ2v) is 5.22. The lowest BCUT2D eigenvalue weighted by molar-refractivity contribution is 0.102. The standard InChI is InChI=1S/C13H11ClN4OS/c1-2-3-11-12(20-18-17-11)13(19)16-10-5-4-8(7-15)6-9(10)14/h4-6H,2-3H2,1H3,(H,16,19). The predicted molar refractivity (Wildman–Crippen MR) is 78.0 cm³/mol. The summed E-state index contributed by atoms with van der Waals surface area (Å²) in [4.78, 5) is 12.7. The van der Waals surface area contributed by atoms with E-state index in [1.165, 1.54) is 6.07 Å². The zero-order valence-corrected chi connectivity index (χ0v) is 12.3. The van der Waals surface area contributed by atoms with Gasteiger partial charge in [0.2, 0.25) is 0 Å². The molecule has 0 saturated carbocycles. The summed E-state index contributed by atoms with van der Waals surface area (Å²) < 4.78 is 3.81. The molecule has 0 radical (unpaired) electrons. The molecule has 0 unspecified atom stereocenters. The van der Waals surface area contributed by atoms with Crippen molar-refractivity contribution >= 4 is 34.7 Å². The van der Waals surface area contributed by atoms with Crippen molar-refractivity contribution in [2.45, 2.75) is 19.8 Å². The summed E-state index contributed by atoms with van der Waals surface area (Å²) in [5.74, 6) is -0.282. The van der Waals surface area contributed by atoms with Gasteiger partial charge in [-0.2, -0.15) is 5.26 Å². The van der Waals surface area contributed by atoms with Crippen LogP contribution in [0, 0.1) is 11.3 Å². The monoisotopic (exact) mass is 306 g/mol. The van der Waals surface area contributed by atoms with Crippen LogP contribution in [0.15, 0.2) is 18.2 Å². The highest BCUT2D eigenvalue weighted by Crippen LogP contribution is 2.24. The molecule has 1 heterocycles. The number of amides is 1. The summed E-state index contributed by atoms with van der Waals surface area (Å²) >= 11 is 7.08. The van der Waals surface area contributed by atoms with Gasteiger partial charge in [-0.05, 0) is 36.2 Å². The zero-order valence-electron chi connectivity index (χ0n) is 10.7. The first-order chi connectivity index (χ1) is 9.65. The van der Waals surface area contributed by atoms with Crippen molar-refractivity contribution in [3.05, 3.63) is 39.4 Å². The summed E-state index contributed by atoms with van der Waals surface area (Å²) in [5, 5.41) is 15.8. The molecule has 0 saturated heterocycles. The molecule has 0 spiro atoms. The van der Waals surface area contributed by atoms with Crippen LogP contribution in [0.2, 0.25) is 5.02 Å². The molecule has 1 amide bonds. The van der Waals surface area contributed by atoms with E-state index in [9.17, 15) is 4.79 Å². The normalized spacial score (nSPS) is 10.1. The van der Waals surface area contributed by atoms with Crippen LogP contribution in [0.4, 0.5) is 5.69 Å². The van der Waals surface area contributed by atoms with Gasteiger partial charge in [0.15, 0.2) is 0 Å². The quantitative estimate of drug-likeness (QED) is 0.940. The van der Waals surface area contributed by atoms with Crippen LogP contribution >= 0.6 is 23.1 Å². The van der Waals surface area contributed by atoms with Gasteiger partial charge in [-0.3, -0.25) is 4.79 Å². The van der Waals surface area contributed by atoms with Crippen LogP contribution < -0.4 is 5.32 Å². The lowest BCUT2D eigenvalue weighted by Gasteiger charge is -2.06. The van der Waals surface area contributed by atoms with E-state index in [-0.39, 0.29) is 5.91 Å². The maximum Gasteiger partial charge on any atom is 0.269 e. The fraction of sp³-hybridized carbons (Fsp3) is 0.231. The molecule has 1 aromatic heterocycles. The van der Waals surface area contributed by atoms with Crippen LogP contribution in [0.1, 0.15) is 34.3 Å². The predicted octanol–water partition coefficient (Wildman–Crippen LogP) is 3.27. The molecule has 0 bridgehead atoms. The Bertz CT molecular complexity index is 677. The first-order valence-electron chi connectivity index (χ1n) is 5.98. The second kappa shape index (κ2) is 6.46. The molecule has 2 aromatic rings. The maximum atomic E-state index is 12.2. The van der Waals surface area contributed by atoms with Crippen LogP contribution in [-0.4, -0.2) is 15.5 Å². The minimum Gasteiger partial charge on any atom is -0.320 e. The Labute approximate surface area is 125 Å². The van der Waals surface area contributed by atoms with E-state index in [4.69, 9.17) is 16.9 Å². The largest absolute Gasteiger partial charge is 0.320 e. The van der Waals surface area contributed by atoms with E-state index in [1.807, 2.05) is 13.0 Å². The van der Waals surface area contributed by atoms with Gasteiger partial charge in [-0.1, -0.05) is 29.4 Å². The van der Waals surface area contributed by atoms with Gasteiger partial charge in [-0.25, -0.2) is 0 Å². The van der Waals surface area contributed by atoms with E-state index in [0.29, 0.717) is 33.3 Å². The topological polar surface area (TPSA) is 78.7 Å². The number of carbonyl (C=O) groups excluding carboxylic acids is 1. The number of nitrogens with zero attached hydrogens (tertiary/aromatic N) is 3. The minimum absolute atomic E-state index is 0.282. The summed E-state index contributed by atoms with van der Waals surface area (Å²) in [6, 6.07) is 6.70. The Balaban J connectivity index is 2.19. The number of rotatable bonds is 4. The first kappa shape index (κ1) is 14.4. The first-order valence-corrected chi connectivity index (χ1v) is 7.13. The molecule has 0 fully saturated rings. The number of hydrogen-bond acceptors (Lipinski definition) is 5. The number of carbonyl (C=O) groups is 1. The average molecular weight is 307 g/mol. The van der Waals surface area contributed by atoms with Gasteiger partial charge >= 0.3 is 0 Å². The Morgan fingerprint density at radius 1 is 1.55 bits per heavy atom. The number of benzene rings is 1. The molecular weight excluding hydrogens is 296 g/mol. The van der Waals surface area contributed by atoms with Crippen LogP contribution in [-0.2, 0) is 6.42 Å².